The second kappa shape index (κ2) is 7.26. The van der Waals surface area contributed by atoms with Crippen LogP contribution in [0.2, 0.25) is 0 Å². The zero-order chi connectivity index (χ0) is 17.2. The molecule has 0 radical (unpaired) electrons. The van der Waals surface area contributed by atoms with E-state index in [4.69, 9.17) is 0 Å². The van der Waals surface area contributed by atoms with Crippen LogP contribution in [0.25, 0.3) is 0 Å². The van der Waals surface area contributed by atoms with Gasteiger partial charge in [0.15, 0.2) is 0 Å². The first kappa shape index (κ1) is 16.7. The number of halogens is 1. The second-order valence-corrected chi connectivity index (χ2v) is 7.93. The zero-order valence-corrected chi connectivity index (χ0v) is 15.7. The topological polar surface area (TPSA) is 45.2 Å². The molecule has 1 aromatic heterocycles. The first-order valence-electron chi connectivity index (χ1n) is 8.90. The minimum atomic E-state index is 0.0300. The summed E-state index contributed by atoms with van der Waals surface area (Å²) in [5.41, 5.74) is 1.96. The smallest absolute Gasteiger partial charge is 0.251 e. The molecular formula is C20H22BrN3O. The van der Waals surface area contributed by atoms with Crippen molar-refractivity contribution in [1.29, 1.82) is 0 Å². The number of hydrogen-bond acceptors (Lipinski definition) is 3. The lowest BCUT2D eigenvalue weighted by Gasteiger charge is -2.51. The normalized spacial score (nSPS) is 27.9. The van der Waals surface area contributed by atoms with E-state index in [9.17, 15) is 4.79 Å². The van der Waals surface area contributed by atoms with Gasteiger partial charge in [-0.1, -0.05) is 22.0 Å². The Morgan fingerprint density at radius 3 is 2.64 bits per heavy atom. The number of nitrogens with one attached hydrogen (secondary N) is 1. The van der Waals surface area contributed by atoms with Gasteiger partial charge in [-0.3, -0.25) is 14.7 Å². The highest BCUT2D eigenvalue weighted by atomic mass is 79.9. The Morgan fingerprint density at radius 2 is 1.96 bits per heavy atom. The highest BCUT2D eigenvalue weighted by Crippen LogP contribution is 2.34. The number of nitrogens with zero attached hydrogens (tertiary/aromatic N) is 2. The first-order valence-corrected chi connectivity index (χ1v) is 9.69. The maximum Gasteiger partial charge on any atom is 0.251 e. The van der Waals surface area contributed by atoms with E-state index in [2.05, 4.69) is 37.2 Å². The zero-order valence-electron chi connectivity index (χ0n) is 14.1. The van der Waals surface area contributed by atoms with Gasteiger partial charge in [0, 0.05) is 34.5 Å². The summed E-state index contributed by atoms with van der Waals surface area (Å²) >= 11 is 3.42. The van der Waals surface area contributed by atoms with Crippen molar-refractivity contribution in [3.63, 3.8) is 0 Å². The molecule has 4 heterocycles. The Hall–Kier alpha value is -1.72. The average Bonchev–Trinajstić information content (AvgIpc) is 2.66. The van der Waals surface area contributed by atoms with Gasteiger partial charge in [-0.25, -0.2) is 0 Å². The Bertz CT molecular complexity index is 726. The van der Waals surface area contributed by atoms with Crippen LogP contribution in [0.3, 0.4) is 0 Å². The van der Waals surface area contributed by atoms with Gasteiger partial charge in [-0.2, -0.15) is 0 Å². The molecule has 0 saturated carbocycles. The van der Waals surface area contributed by atoms with E-state index < -0.39 is 0 Å². The summed E-state index contributed by atoms with van der Waals surface area (Å²) in [6.45, 7) is 2.28. The summed E-state index contributed by atoms with van der Waals surface area (Å²) in [5.74, 6) is 0.605. The summed E-state index contributed by atoms with van der Waals surface area (Å²) in [6, 6.07) is 12.3. The fourth-order valence-corrected chi connectivity index (χ4v) is 4.48. The summed E-state index contributed by atoms with van der Waals surface area (Å²) in [5, 5.41) is 3.34. The molecule has 1 amide bonds. The largest absolute Gasteiger partial charge is 0.347 e. The van der Waals surface area contributed by atoms with Crippen LogP contribution >= 0.6 is 15.9 Å². The number of piperidine rings is 3. The molecule has 1 aromatic carbocycles. The van der Waals surface area contributed by atoms with E-state index in [-0.39, 0.29) is 11.9 Å². The Balaban J connectivity index is 1.52. The van der Waals surface area contributed by atoms with E-state index in [1.54, 1.807) is 0 Å². The third-order valence-electron chi connectivity index (χ3n) is 5.54. The maximum absolute atomic E-state index is 12.7. The number of rotatable bonds is 4. The summed E-state index contributed by atoms with van der Waals surface area (Å²) < 4.78 is 0.987. The van der Waals surface area contributed by atoms with Crippen molar-refractivity contribution in [1.82, 2.24) is 15.2 Å². The molecule has 3 aliphatic rings. The molecule has 2 aromatic rings. The predicted octanol–water partition coefficient (Wildman–Crippen LogP) is 3.28. The summed E-state index contributed by atoms with van der Waals surface area (Å²) in [6.07, 6.45) is 7.04. The van der Waals surface area contributed by atoms with Crippen LogP contribution < -0.4 is 5.32 Å². The number of carbonyl (C=O) groups is 1. The number of fused-ring (bicyclic) bond motifs is 3. The standard InChI is InChI=1S/C20H22BrN3O/c21-17-5-3-16(4-6-17)20(25)23-19-15-7-10-24(11-8-15)18(19)12-14-2-1-9-22-13-14/h1-6,9,13,15,18-19H,7-8,10-12H2,(H,23,25)/t18-,19-/m1/s1. The van der Waals surface area contributed by atoms with Gasteiger partial charge in [-0.15, -0.1) is 0 Å². The predicted molar refractivity (Wildman–Crippen MR) is 101 cm³/mol. The molecule has 0 unspecified atom stereocenters. The van der Waals surface area contributed by atoms with Crippen molar-refractivity contribution in [2.75, 3.05) is 13.1 Å². The van der Waals surface area contributed by atoms with Gasteiger partial charge >= 0.3 is 0 Å². The van der Waals surface area contributed by atoms with Crippen LogP contribution in [0.4, 0.5) is 0 Å². The van der Waals surface area contributed by atoms with Gasteiger partial charge in [0.25, 0.3) is 5.91 Å². The summed E-state index contributed by atoms with van der Waals surface area (Å²) in [7, 11) is 0. The van der Waals surface area contributed by atoms with E-state index in [0.29, 0.717) is 12.0 Å². The molecule has 2 atom stereocenters. The highest BCUT2D eigenvalue weighted by molar-refractivity contribution is 9.10. The highest BCUT2D eigenvalue weighted by Gasteiger charge is 2.42. The Kier molecular flexibility index (Phi) is 4.86. The fourth-order valence-electron chi connectivity index (χ4n) is 4.22. The lowest BCUT2D eigenvalue weighted by atomic mass is 9.76. The van der Waals surface area contributed by atoms with E-state index in [0.717, 1.165) is 29.5 Å². The SMILES string of the molecule is O=C(N[C@@H]1C2CCN(CC2)[C@@H]1Cc1cccnc1)c1ccc(Br)cc1. The van der Waals surface area contributed by atoms with E-state index in [1.807, 2.05) is 42.7 Å². The molecule has 2 bridgehead atoms. The molecule has 3 saturated heterocycles. The van der Waals surface area contributed by atoms with Crippen molar-refractivity contribution < 1.29 is 4.79 Å². The van der Waals surface area contributed by atoms with Crippen molar-refractivity contribution in [3.05, 3.63) is 64.4 Å². The molecule has 130 valence electrons. The van der Waals surface area contributed by atoms with Gasteiger partial charge < -0.3 is 5.32 Å². The monoisotopic (exact) mass is 399 g/mol. The number of amides is 1. The number of benzene rings is 1. The molecule has 1 N–H and O–H groups in total. The van der Waals surface area contributed by atoms with Crippen LogP contribution in [0.1, 0.15) is 28.8 Å². The number of carbonyl (C=O) groups excluding carboxylic acids is 1. The molecule has 3 aliphatic heterocycles. The molecule has 25 heavy (non-hydrogen) atoms. The van der Waals surface area contributed by atoms with E-state index >= 15 is 0 Å². The van der Waals surface area contributed by atoms with Gasteiger partial charge in [0.2, 0.25) is 0 Å². The van der Waals surface area contributed by atoms with Crippen molar-refractivity contribution >= 4 is 21.8 Å². The molecule has 0 aliphatic carbocycles. The molecule has 3 fully saturated rings. The lowest BCUT2D eigenvalue weighted by molar-refractivity contribution is 0.0136. The number of hydrogen-bond donors (Lipinski definition) is 1. The van der Waals surface area contributed by atoms with E-state index in [1.165, 1.54) is 18.4 Å². The summed E-state index contributed by atoms with van der Waals surface area (Å²) in [4.78, 5) is 19.5. The molecule has 4 nitrogen and oxygen atoms in total. The van der Waals surface area contributed by atoms with Crippen LogP contribution in [-0.4, -0.2) is 41.0 Å². The minimum Gasteiger partial charge on any atom is -0.347 e. The number of pyridine rings is 1. The van der Waals surface area contributed by atoms with Crippen LogP contribution in [0.5, 0.6) is 0 Å². The van der Waals surface area contributed by atoms with Crippen molar-refractivity contribution in [2.45, 2.75) is 31.3 Å². The van der Waals surface area contributed by atoms with Gasteiger partial charge in [-0.05, 0) is 74.2 Å². The molecule has 0 spiro atoms. The first-order chi connectivity index (χ1) is 12.2. The Morgan fingerprint density at radius 1 is 1.20 bits per heavy atom. The molecule has 5 heteroatoms. The minimum absolute atomic E-state index is 0.0300. The molecular weight excluding hydrogens is 378 g/mol. The maximum atomic E-state index is 12.7. The van der Waals surface area contributed by atoms with Crippen molar-refractivity contribution in [3.8, 4) is 0 Å². The van der Waals surface area contributed by atoms with Crippen LogP contribution in [0.15, 0.2) is 53.3 Å². The molecule has 5 rings (SSSR count). The second-order valence-electron chi connectivity index (χ2n) is 7.01. The fraction of sp³-hybridized carbons (Fsp3) is 0.400. The van der Waals surface area contributed by atoms with Gasteiger partial charge in [0.1, 0.15) is 0 Å². The third-order valence-corrected chi connectivity index (χ3v) is 6.07. The quantitative estimate of drug-likeness (QED) is 0.857. The van der Waals surface area contributed by atoms with Crippen molar-refractivity contribution in [2.24, 2.45) is 5.92 Å². The van der Waals surface area contributed by atoms with Crippen LogP contribution in [-0.2, 0) is 6.42 Å². The van der Waals surface area contributed by atoms with Crippen LogP contribution in [0, 0.1) is 5.92 Å². The lowest BCUT2D eigenvalue weighted by Crippen LogP contribution is -2.64. The Labute approximate surface area is 156 Å². The van der Waals surface area contributed by atoms with Gasteiger partial charge in [0.05, 0.1) is 0 Å². The third kappa shape index (κ3) is 3.62. The number of aromatic nitrogens is 1. The average molecular weight is 400 g/mol.